The molecule has 2 N–H and O–H groups in total. The Hall–Kier alpha value is -0.0400. The summed E-state index contributed by atoms with van der Waals surface area (Å²) in [7, 11) is 0. The third-order valence-corrected chi connectivity index (χ3v) is 3.15. The molecular formula is C8H15N. The van der Waals surface area contributed by atoms with Crippen LogP contribution in [0.25, 0.3) is 0 Å². The van der Waals surface area contributed by atoms with Crippen molar-refractivity contribution in [1.82, 2.24) is 0 Å². The molecule has 0 aromatic heterocycles. The van der Waals surface area contributed by atoms with Gasteiger partial charge >= 0.3 is 0 Å². The molecule has 0 heterocycles. The van der Waals surface area contributed by atoms with Crippen molar-refractivity contribution < 1.29 is 0 Å². The largest absolute Gasteiger partial charge is 0.330 e. The van der Waals surface area contributed by atoms with Crippen LogP contribution in [0, 0.1) is 17.3 Å². The Morgan fingerprint density at radius 3 is 2.44 bits per heavy atom. The molecule has 0 amide bonds. The van der Waals surface area contributed by atoms with E-state index in [1.54, 1.807) is 0 Å². The molecule has 2 aliphatic carbocycles. The van der Waals surface area contributed by atoms with Crippen LogP contribution in [0.5, 0.6) is 0 Å². The summed E-state index contributed by atoms with van der Waals surface area (Å²) in [4.78, 5) is 0. The summed E-state index contributed by atoms with van der Waals surface area (Å²) in [6, 6.07) is 0. The summed E-state index contributed by atoms with van der Waals surface area (Å²) in [5.74, 6) is 1.91. The number of rotatable bonds is 1. The molecule has 1 nitrogen and oxygen atoms in total. The highest BCUT2D eigenvalue weighted by Gasteiger charge is 2.59. The smallest absolute Gasteiger partial charge is 0.00433 e. The van der Waals surface area contributed by atoms with Crippen LogP contribution >= 0.6 is 0 Å². The van der Waals surface area contributed by atoms with Crippen LogP contribution in [0.4, 0.5) is 0 Å². The Kier molecular flexibility index (Phi) is 0.963. The third-order valence-electron chi connectivity index (χ3n) is 3.15. The van der Waals surface area contributed by atoms with Gasteiger partial charge in [0.2, 0.25) is 0 Å². The zero-order valence-corrected chi connectivity index (χ0v) is 6.06. The van der Waals surface area contributed by atoms with Crippen molar-refractivity contribution in [3.05, 3.63) is 0 Å². The topological polar surface area (TPSA) is 26.0 Å². The second kappa shape index (κ2) is 1.51. The fourth-order valence-corrected chi connectivity index (χ4v) is 2.59. The highest BCUT2D eigenvalue weighted by atomic mass is 14.7. The van der Waals surface area contributed by atoms with Crippen LogP contribution in [0.15, 0.2) is 0 Å². The molecule has 1 unspecified atom stereocenters. The molecule has 9 heavy (non-hydrogen) atoms. The molecule has 1 heteroatoms. The highest BCUT2D eigenvalue weighted by Crippen LogP contribution is 2.66. The first kappa shape index (κ1) is 5.72. The van der Waals surface area contributed by atoms with Crippen molar-refractivity contribution in [2.45, 2.75) is 26.2 Å². The monoisotopic (exact) mass is 125 g/mol. The predicted octanol–water partition coefficient (Wildman–Crippen LogP) is 1.38. The molecule has 0 aromatic carbocycles. The van der Waals surface area contributed by atoms with Crippen molar-refractivity contribution in [1.29, 1.82) is 0 Å². The molecule has 0 bridgehead atoms. The Bertz CT molecular complexity index is 125. The Balaban J connectivity index is 1.89. The first-order valence-corrected chi connectivity index (χ1v) is 3.97. The highest BCUT2D eigenvalue weighted by molar-refractivity contribution is 5.09. The van der Waals surface area contributed by atoms with Gasteiger partial charge in [0, 0.05) is 0 Å². The van der Waals surface area contributed by atoms with E-state index in [1.165, 1.54) is 19.3 Å². The van der Waals surface area contributed by atoms with Crippen molar-refractivity contribution in [2.75, 3.05) is 6.54 Å². The molecule has 0 aromatic rings. The van der Waals surface area contributed by atoms with Crippen LogP contribution in [0.1, 0.15) is 26.2 Å². The SMILES string of the molecule is CC1CC2(C1)CC2CN. The molecule has 1 atom stereocenters. The number of hydrogen-bond acceptors (Lipinski definition) is 1. The van der Waals surface area contributed by atoms with Gasteiger partial charge in [0.15, 0.2) is 0 Å². The minimum absolute atomic E-state index is 0.786. The molecule has 0 radical (unpaired) electrons. The van der Waals surface area contributed by atoms with E-state index in [0.29, 0.717) is 0 Å². The van der Waals surface area contributed by atoms with Gasteiger partial charge in [-0.1, -0.05) is 6.92 Å². The Morgan fingerprint density at radius 1 is 1.44 bits per heavy atom. The maximum Gasteiger partial charge on any atom is -0.00433 e. The van der Waals surface area contributed by atoms with Crippen molar-refractivity contribution >= 4 is 0 Å². The molecule has 0 aliphatic heterocycles. The molecular weight excluding hydrogens is 110 g/mol. The molecule has 2 fully saturated rings. The third kappa shape index (κ3) is 0.644. The fourth-order valence-electron chi connectivity index (χ4n) is 2.59. The van der Waals surface area contributed by atoms with E-state index in [0.717, 1.165) is 23.8 Å². The second-order valence-electron chi connectivity index (χ2n) is 4.01. The van der Waals surface area contributed by atoms with Crippen LogP contribution in [-0.4, -0.2) is 6.54 Å². The summed E-state index contributed by atoms with van der Waals surface area (Å²) in [5, 5.41) is 0. The summed E-state index contributed by atoms with van der Waals surface area (Å²) < 4.78 is 0. The zero-order valence-electron chi connectivity index (χ0n) is 6.06. The van der Waals surface area contributed by atoms with Crippen LogP contribution < -0.4 is 5.73 Å². The lowest BCUT2D eigenvalue weighted by molar-refractivity contribution is 0.167. The van der Waals surface area contributed by atoms with E-state index in [1.807, 2.05) is 0 Å². The van der Waals surface area contributed by atoms with E-state index in [4.69, 9.17) is 5.73 Å². The van der Waals surface area contributed by atoms with Crippen molar-refractivity contribution in [3.8, 4) is 0 Å². The Morgan fingerprint density at radius 2 is 2.11 bits per heavy atom. The van der Waals surface area contributed by atoms with E-state index >= 15 is 0 Å². The van der Waals surface area contributed by atoms with Gasteiger partial charge < -0.3 is 5.73 Å². The second-order valence-corrected chi connectivity index (χ2v) is 4.01. The quantitative estimate of drug-likeness (QED) is 0.563. The minimum atomic E-state index is 0.786. The summed E-state index contributed by atoms with van der Waals surface area (Å²) >= 11 is 0. The van der Waals surface area contributed by atoms with Gasteiger partial charge in [-0.3, -0.25) is 0 Å². The van der Waals surface area contributed by atoms with E-state index in [9.17, 15) is 0 Å². The van der Waals surface area contributed by atoms with Gasteiger partial charge in [0.1, 0.15) is 0 Å². The maximum absolute atomic E-state index is 5.56. The van der Waals surface area contributed by atoms with Gasteiger partial charge in [-0.25, -0.2) is 0 Å². The molecule has 52 valence electrons. The zero-order chi connectivity index (χ0) is 6.48. The molecule has 0 saturated heterocycles. The lowest BCUT2D eigenvalue weighted by Crippen LogP contribution is -2.26. The molecule has 2 rings (SSSR count). The Labute approximate surface area is 56.6 Å². The fraction of sp³-hybridized carbons (Fsp3) is 1.00. The van der Waals surface area contributed by atoms with Gasteiger partial charge in [0.05, 0.1) is 0 Å². The summed E-state index contributed by atoms with van der Waals surface area (Å²) in [5.41, 5.74) is 6.35. The average molecular weight is 125 g/mol. The average Bonchev–Trinajstić information content (AvgIpc) is 2.41. The maximum atomic E-state index is 5.56. The van der Waals surface area contributed by atoms with Crippen molar-refractivity contribution in [3.63, 3.8) is 0 Å². The number of hydrogen-bond donors (Lipinski definition) is 1. The predicted molar refractivity (Wildman–Crippen MR) is 38.0 cm³/mol. The van der Waals surface area contributed by atoms with Gasteiger partial charge in [-0.15, -0.1) is 0 Å². The van der Waals surface area contributed by atoms with Crippen LogP contribution in [-0.2, 0) is 0 Å². The first-order chi connectivity index (χ1) is 4.27. The minimum Gasteiger partial charge on any atom is -0.330 e. The van der Waals surface area contributed by atoms with Crippen molar-refractivity contribution in [2.24, 2.45) is 23.0 Å². The van der Waals surface area contributed by atoms with Gasteiger partial charge in [-0.05, 0) is 43.1 Å². The lowest BCUT2D eigenvalue weighted by Gasteiger charge is -2.34. The summed E-state index contributed by atoms with van der Waals surface area (Å²) in [6.45, 7) is 3.28. The van der Waals surface area contributed by atoms with Gasteiger partial charge in [0.25, 0.3) is 0 Å². The van der Waals surface area contributed by atoms with E-state index in [2.05, 4.69) is 6.92 Å². The summed E-state index contributed by atoms with van der Waals surface area (Å²) in [6.07, 6.45) is 4.37. The van der Waals surface area contributed by atoms with Gasteiger partial charge in [-0.2, -0.15) is 0 Å². The molecule has 2 saturated carbocycles. The standard InChI is InChI=1S/C8H15N/c1-6-2-8(3-6)4-7(8)5-9/h6-7H,2-5,9H2,1H3. The normalized spacial score (nSPS) is 55.3. The molecule has 2 aliphatic rings. The van der Waals surface area contributed by atoms with Crippen LogP contribution in [0.2, 0.25) is 0 Å². The van der Waals surface area contributed by atoms with E-state index < -0.39 is 0 Å². The van der Waals surface area contributed by atoms with E-state index in [-0.39, 0.29) is 0 Å². The first-order valence-electron chi connectivity index (χ1n) is 3.97. The van der Waals surface area contributed by atoms with Crippen LogP contribution in [0.3, 0.4) is 0 Å². The number of nitrogens with two attached hydrogens (primary N) is 1. The lowest BCUT2D eigenvalue weighted by atomic mass is 9.71. The molecule has 1 spiro atoms.